The van der Waals surface area contributed by atoms with E-state index in [0.717, 1.165) is 42.7 Å². The molecule has 3 aromatic rings. The number of ether oxygens (including phenoxy) is 1. The van der Waals surface area contributed by atoms with E-state index in [0.29, 0.717) is 0 Å². The summed E-state index contributed by atoms with van der Waals surface area (Å²) in [6.07, 6.45) is 7.88. The molecule has 0 atom stereocenters. The Balaban J connectivity index is 0.000000454. The summed E-state index contributed by atoms with van der Waals surface area (Å²) in [6.45, 7) is 0. The van der Waals surface area contributed by atoms with Gasteiger partial charge in [-0.25, -0.2) is 9.78 Å². The molecule has 1 fully saturated rings. The minimum absolute atomic E-state index is 0.0755. The van der Waals surface area contributed by atoms with Gasteiger partial charge < -0.3 is 19.7 Å². The second-order valence-electron chi connectivity index (χ2n) is 8.18. The normalized spacial score (nSPS) is 14.7. The minimum atomic E-state index is -5.08. The van der Waals surface area contributed by atoms with E-state index >= 15 is 0 Å². The van der Waals surface area contributed by atoms with Gasteiger partial charge in [-0.2, -0.15) is 13.2 Å². The van der Waals surface area contributed by atoms with Crippen molar-refractivity contribution >= 4 is 18.0 Å². The SMILES string of the molecule is COc1cc(/C=C/C(=O)NC2(c3ccccc3)CCCC2)ccc1-n1ccnc1.O=C(O)C(F)(F)F. The summed E-state index contributed by atoms with van der Waals surface area (Å²) in [5, 5.41) is 10.4. The van der Waals surface area contributed by atoms with E-state index < -0.39 is 12.1 Å². The van der Waals surface area contributed by atoms with Gasteiger partial charge in [0, 0.05) is 18.5 Å². The zero-order valence-corrected chi connectivity index (χ0v) is 19.5. The number of nitrogens with one attached hydrogen (secondary N) is 1. The average molecular weight is 502 g/mol. The van der Waals surface area contributed by atoms with E-state index in [1.807, 2.05) is 53.2 Å². The summed E-state index contributed by atoms with van der Waals surface area (Å²) in [5.74, 6) is -2.11. The molecule has 1 saturated carbocycles. The molecule has 7 nitrogen and oxygen atoms in total. The number of carboxylic acids is 1. The third-order valence-corrected chi connectivity index (χ3v) is 5.80. The molecule has 0 unspecified atom stereocenters. The zero-order chi connectivity index (χ0) is 26.2. The van der Waals surface area contributed by atoms with Crippen molar-refractivity contribution in [2.24, 2.45) is 0 Å². The van der Waals surface area contributed by atoms with Gasteiger partial charge in [0.15, 0.2) is 0 Å². The number of nitrogens with zero attached hydrogens (tertiary/aromatic N) is 2. The lowest BCUT2D eigenvalue weighted by molar-refractivity contribution is -0.192. The van der Waals surface area contributed by atoms with Crippen molar-refractivity contribution in [2.75, 3.05) is 7.11 Å². The number of methoxy groups -OCH3 is 1. The second kappa shape index (κ2) is 11.6. The second-order valence-corrected chi connectivity index (χ2v) is 8.18. The maximum atomic E-state index is 12.7. The third kappa shape index (κ3) is 6.74. The smallest absolute Gasteiger partial charge is 0.490 e. The first-order valence-electron chi connectivity index (χ1n) is 11.2. The number of alkyl halides is 3. The number of hydrogen-bond acceptors (Lipinski definition) is 4. The Hall–Kier alpha value is -4.08. The molecular formula is C26H26F3N3O4. The number of benzene rings is 2. The quantitative estimate of drug-likeness (QED) is 0.458. The number of halogens is 3. The van der Waals surface area contributed by atoms with Gasteiger partial charge in [0.1, 0.15) is 5.75 Å². The lowest BCUT2D eigenvalue weighted by Crippen LogP contribution is -2.43. The third-order valence-electron chi connectivity index (χ3n) is 5.80. The molecule has 0 aliphatic heterocycles. The van der Waals surface area contributed by atoms with Crippen LogP contribution in [0.15, 0.2) is 73.3 Å². The fourth-order valence-electron chi connectivity index (χ4n) is 4.08. The van der Waals surface area contributed by atoms with Crippen molar-refractivity contribution in [3.8, 4) is 11.4 Å². The van der Waals surface area contributed by atoms with E-state index in [-0.39, 0.29) is 11.4 Å². The van der Waals surface area contributed by atoms with Crippen molar-refractivity contribution in [3.05, 3.63) is 84.5 Å². The largest absolute Gasteiger partial charge is 0.495 e. The topological polar surface area (TPSA) is 93.5 Å². The Bertz CT molecular complexity index is 1190. The summed E-state index contributed by atoms with van der Waals surface area (Å²) in [4.78, 5) is 25.7. The van der Waals surface area contributed by atoms with Crippen LogP contribution in [0.3, 0.4) is 0 Å². The van der Waals surface area contributed by atoms with Gasteiger partial charge in [0.25, 0.3) is 0 Å². The van der Waals surface area contributed by atoms with Crippen LogP contribution in [0.5, 0.6) is 5.75 Å². The Labute approximate surface area is 206 Å². The Morgan fingerprint density at radius 1 is 1.14 bits per heavy atom. The molecular weight excluding hydrogens is 475 g/mol. The molecule has 1 aliphatic rings. The highest BCUT2D eigenvalue weighted by Crippen LogP contribution is 2.38. The molecule has 0 spiro atoms. The predicted octanol–water partition coefficient (Wildman–Crippen LogP) is 5.11. The Morgan fingerprint density at radius 2 is 1.81 bits per heavy atom. The van der Waals surface area contributed by atoms with E-state index in [2.05, 4.69) is 22.4 Å². The predicted molar refractivity (Wildman–Crippen MR) is 128 cm³/mol. The number of imidazole rings is 1. The fraction of sp³-hybridized carbons (Fsp3) is 0.269. The summed E-state index contributed by atoms with van der Waals surface area (Å²) in [5.41, 5.74) is 2.73. The summed E-state index contributed by atoms with van der Waals surface area (Å²) >= 11 is 0. The molecule has 36 heavy (non-hydrogen) atoms. The van der Waals surface area contributed by atoms with Gasteiger partial charge in [0.2, 0.25) is 5.91 Å². The van der Waals surface area contributed by atoms with Gasteiger partial charge in [0.05, 0.1) is 24.7 Å². The Kier molecular flexibility index (Phi) is 8.52. The van der Waals surface area contributed by atoms with Crippen LogP contribution in [0.4, 0.5) is 13.2 Å². The molecule has 10 heteroatoms. The highest BCUT2D eigenvalue weighted by atomic mass is 19.4. The fourth-order valence-corrected chi connectivity index (χ4v) is 4.08. The molecule has 2 N–H and O–H groups in total. The number of aromatic nitrogens is 2. The number of hydrogen-bond donors (Lipinski definition) is 2. The lowest BCUT2D eigenvalue weighted by atomic mass is 9.88. The molecule has 1 heterocycles. The van der Waals surface area contributed by atoms with Crippen LogP contribution in [0.2, 0.25) is 0 Å². The maximum Gasteiger partial charge on any atom is 0.490 e. The van der Waals surface area contributed by atoms with Gasteiger partial charge in [-0.05, 0) is 42.2 Å². The van der Waals surface area contributed by atoms with Crippen LogP contribution in [0.1, 0.15) is 36.8 Å². The highest BCUT2D eigenvalue weighted by molar-refractivity contribution is 5.92. The van der Waals surface area contributed by atoms with Crippen molar-refractivity contribution in [1.82, 2.24) is 14.9 Å². The maximum absolute atomic E-state index is 12.7. The number of carbonyl (C=O) groups excluding carboxylic acids is 1. The molecule has 190 valence electrons. The number of amides is 1. The van der Waals surface area contributed by atoms with Crippen LogP contribution >= 0.6 is 0 Å². The minimum Gasteiger partial charge on any atom is -0.495 e. The van der Waals surface area contributed by atoms with E-state index in [1.165, 1.54) is 5.56 Å². The van der Waals surface area contributed by atoms with Crippen molar-refractivity contribution in [2.45, 2.75) is 37.4 Å². The summed E-state index contributed by atoms with van der Waals surface area (Å²) < 4.78 is 39.1. The molecule has 0 radical (unpaired) electrons. The average Bonchev–Trinajstić information content (AvgIpc) is 3.56. The molecule has 2 aromatic carbocycles. The summed E-state index contributed by atoms with van der Waals surface area (Å²) in [7, 11) is 1.64. The number of carbonyl (C=O) groups is 2. The monoisotopic (exact) mass is 501 g/mol. The van der Waals surface area contributed by atoms with Gasteiger partial charge in [-0.15, -0.1) is 0 Å². The first-order valence-corrected chi connectivity index (χ1v) is 11.2. The van der Waals surface area contributed by atoms with Crippen LogP contribution in [-0.2, 0) is 15.1 Å². The highest BCUT2D eigenvalue weighted by Gasteiger charge is 2.38. The molecule has 0 bridgehead atoms. The van der Waals surface area contributed by atoms with Crippen LogP contribution in [0, 0.1) is 0 Å². The van der Waals surface area contributed by atoms with Crippen molar-refractivity contribution < 1.29 is 32.6 Å². The van der Waals surface area contributed by atoms with Crippen molar-refractivity contribution in [1.29, 1.82) is 0 Å². The number of aliphatic carboxylic acids is 1. The molecule has 1 aliphatic carbocycles. The Morgan fingerprint density at radius 3 is 2.36 bits per heavy atom. The first-order chi connectivity index (χ1) is 17.1. The zero-order valence-electron chi connectivity index (χ0n) is 19.5. The van der Waals surface area contributed by atoms with Gasteiger partial charge in [-0.1, -0.05) is 49.2 Å². The lowest BCUT2D eigenvalue weighted by Gasteiger charge is -2.30. The van der Waals surface area contributed by atoms with Crippen molar-refractivity contribution in [3.63, 3.8) is 0 Å². The van der Waals surface area contributed by atoms with Gasteiger partial charge >= 0.3 is 12.1 Å². The molecule has 1 amide bonds. The van der Waals surface area contributed by atoms with Crippen LogP contribution in [0.25, 0.3) is 11.8 Å². The van der Waals surface area contributed by atoms with Gasteiger partial charge in [-0.3, -0.25) is 4.79 Å². The van der Waals surface area contributed by atoms with E-state index in [9.17, 15) is 18.0 Å². The standard InChI is InChI=1S/C24H25N3O2.C2HF3O2/c1-29-22-17-19(9-11-21(22)27-16-15-25-18-27)10-12-23(28)26-24(13-5-6-14-24)20-7-3-2-4-8-20;3-2(4,5)1(6)7/h2-4,7-12,15-18H,5-6,13-14H2,1H3,(H,26,28);(H,6,7)/b12-10+;. The molecule has 4 rings (SSSR count). The van der Waals surface area contributed by atoms with Crippen LogP contribution in [-0.4, -0.2) is 39.8 Å². The number of rotatable bonds is 6. The number of carboxylic acid groups (broad SMARTS) is 1. The van der Waals surface area contributed by atoms with E-state index in [4.69, 9.17) is 14.6 Å². The summed E-state index contributed by atoms with van der Waals surface area (Å²) in [6, 6.07) is 16.1. The van der Waals surface area contributed by atoms with E-state index in [1.54, 1.807) is 25.7 Å². The molecule has 1 aromatic heterocycles. The molecule has 0 saturated heterocycles. The first kappa shape index (κ1) is 26.5. The van der Waals surface area contributed by atoms with Crippen LogP contribution < -0.4 is 10.1 Å².